The summed E-state index contributed by atoms with van der Waals surface area (Å²) in [6.07, 6.45) is 1.66. The van der Waals surface area contributed by atoms with E-state index in [-0.39, 0.29) is 6.04 Å². The summed E-state index contributed by atoms with van der Waals surface area (Å²) in [5.41, 5.74) is 1.14. The van der Waals surface area contributed by atoms with Crippen LogP contribution in [0.5, 0.6) is 5.75 Å². The van der Waals surface area contributed by atoms with E-state index in [1.165, 1.54) is 0 Å². The van der Waals surface area contributed by atoms with Gasteiger partial charge in [-0.25, -0.2) is 4.99 Å². The van der Waals surface area contributed by atoms with Gasteiger partial charge in [-0.2, -0.15) is 0 Å². The van der Waals surface area contributed by atoms with Crippen LogP contribution >= 0.6 is 0 Å². The van der Waals surface area contributed by atoms with Crippen molar-refractivity contribution < 1.29 is 9.15 Å². The number of likely N-dealkylation sites (N-methyl/N-ethyl adjacent to an activating group) is 1. The first kappa shape index (κ1) is 18.9. The van der Waals surface area contributed by atoms with Gasteiger partial charge in [0.05, 0.1) is 19.4 Å². The van der Waals surface area contributed by atoms with Crippen molar-refractivity contribution in [1.82, 2.24) is 15.5 Å². The summed E-state index contributed by atoms with van der Waals surface area (Å²) < 4.78 is 10.9. The maximum absolute atomic E-state index is 5.51. The second-order valence-electron chi connectivity index (χ2n) is 5.88. The number of para-hydroxylation sites is 1. The molecule has 0 saturated carbocycles. The second-order valence-corrected chi connectivity index (χ2v) is 5.88. The zero-order chi connectivity index (χ0) is 18.1. The molecule has 0 aliphatic heterocycles. The lowest BCUT2D eigenvalue weighted by Gasteiger charge is -2.27. The quantitative estimate of drug-likeness (QED) is 0.569. The largest absolute Gasteiger partial charge is 0.496 e. The Labute approximate surface area is 149 Å². The molecule has 2 rings (SSSR count). The van der Waals surface area contributed by atoms with Gasteiger partial charge >= 0.3 is 0 Å². The van der Waals surface area contributed by atoms with Crippen LogP contribution in [0.4, 0.5) is 0 Å². The van der Waals surface area contributed by atoms with Crippen molar-refractivity contribution in [2.45, 2.75) is 19.5 Å². The van der Waals surface area contributed by atoms with Gasteiger partial charge in [-0.1, -0.05) is 18.2 Å². The minimum absolute atomic E-state index is 0.156. The smallest absolute Gasteiger partial charge is 0.191 e. The summed E-state index contributed by atoms with van der Waals surface area (Å²) in [5, 5.41) is 6.68. The zero-order valence-corrected chi connectivity index (χ0v) is 15.5. The van der Waals surface area contributed by atoms with Gasteiger partial charge in [0.1, 0.15) is 18.1 Å². The number of guanidine groups is 1. The number of benzene rings is 1. The summed E-state index contributed by atoms with van der Waals surface area (Å²) in [5.74, 6) is 2.49. The van der Waals surface area contributed by atoms with Crippen molar-refractivity contribution >= 4 is 5.96 Å². The number of ether oxygens (including phenoxy) is 1. The topological polar surface area (TPSA) is 62.0 Å². The molecule has 1 aromatic heterocycles. The molecule has 136 valence electrons. The summed E-state index contributed by atoms with van der Waals surface area (Å²) in [7, 11) is 5.82. The van der Waals surface area contributed by atoms with Crippen molar-refractivity contribution in [3.05, 3.63) is 54.0 Å². The zero-order valence-electron chi connectivity index (χ0n) is 15.5. The molecule has 0 spiro atoms. The third-order valence-electron chi connectivity index (χ3n) is 3.90. The van der Waals surface area contributed by atoms with Crippen molar-refractivity contribution in [1.29, 1.82) is 0 Å². The number of aliphatic imine (C=N–C) groups is 1. The number of hydrogen-bond acceptors (Lipinski definition) is 4. The third kappa shape index (κ3) is 5.53. The normalized spacial score (nSPS) is 12.9. The van der Waals surface area contributed by atoms with Crippen molar-refractivity contribution in [2.75, 3.05) is 34.3 Å². The molecule has 0 radical (unpaired) electrons. The van der Waals surface area contributed by atoms with Gasteiger partial charge < -0.3 is 24.7 Å². The molecule has 2 N–H and O–H groups in total. The van der Waals surface area contributed by atoms with Crippen molar-refractivity contribution in [2.24, 2.45) is 4.99 Å². The monoisotopic (exact) mass is 344 g/mol. The van der Waals surface area contributed by atoms with Gasteiger partial charge in [-0.05, 0) is 39.2 Å². The third-order valence-corrected chi connectivity index (χ3v) is 3.90. The predicted molar refractivity (Wildman–Crippen MR) is 101 cm³/mol. The fraction of sp³-hybridized carbons (Fsp3) is 0.421. The van der Waals surface area contributed by atoms with Crippen molar-refractivity contribution in [3.8, 4) is 5.75 Å². The van der Waals surface area contributed by atoms with E-state index in [2.05, 4.69) is 40.7 Å². The SMILES string of the molecule is CCNC(=NCc1ccco1)NCC(c1ccccc1OC)N(C)C. The first-order valence-electron chi connectivity index (χ1n) is 8.49. The van der Waals surface area contributed by atoms with Gasteiger partial charge in [0.25, 0.3) is 0 Å². The maximum atomic E-state index is 5.51. The molecule has 6 heteroatoms. The molecule has 0 amide bonds. The number of furan rings is 1. The van der Waals surface area contributed by atoms with Crippen LogP contribution in [0.1, 0.15) is 24.3 Å². The predicted octanol–water partition coefficient (Wildman–Crippen LogP) is 2.65. The van der Waals surface area contributed by atoms with E-state index < -0.39 is 0 Å². The highest BCUT2D eigenvalue weighted by Crippen LogP contribution is 2.27. The molecule has 1 atom stereocenters. The summed E-state index contributed by atoms with van der Waals surface area (Å²) >= 11 is 0. The molecule has 1 unspecified atom stereocenters. The van der Waals surface area contributed by atoms with Gasteiger partial charge in [-0.3, -0.25) is 0 Å². The molecule has 0 aliphatic carbocycles. The Bertz CT molecular complexity index is 653. The number of nitrogens with zero attached hydrogens (tertiary/aromatic N) is 2. The Morgan fingerprint density at radius 1 is 1.20 bits per heavy atom. The van der Waals surface area contributed by atoms with Crippen LogP contribution in [-0.4, -0.2) is 45.2 Å². The molecule has 0 bridgehead atoms. The fourth-order valence-corrected chi connectivity index (χ4v) is 2.61. The Morgan fingerprint density at radius 2 is 2.00 bits per heavy atom. The highest BCUT2D eigenvalue weighted by molar-refractivity contribution is 5.79. The molecule has 6 nitrogen and oxygen atoms in total. The molecule has 0 fully saturated rings. The van der Waals surface area contributed by atoms with E-state index in [1.54, 1.807) is 13.4 Å². The Hall–Kier alpha value is -2.47. The second kappa shape index (κ2) is 9.74. The van der Waals surface area contributed by atoms with E-state index in [4.69, 9.17) is 9.15 Å². The highest BCUT2D eigenvalue weighted by atomic mass is 16.5. The van der Waals surface area contributed by atoms with Crippen LogP contribution in [0.25, 0.3) is 0 Å². The molecule has 25 heavy (non-hydrogen) atoms. The molecular formula is C19H28N4O2. The lowest BCUT2D eigenvalue weighted by atomic mass is 10.0. The minimum Gasteiger partial charge on any atom is -0.496 e. The van der Waals surface area contributed by atoms with E-state index in [9.17, 15) is 0 Å². The van der Waals surface area contributed by atoms with E-state index in [1.807, 2.05) is 37.3 Å². The van der Waals surface area contributed by atoms with Gasteiger partial charge in [-0.15, -0.1) is 0 Å². The first-order valence-corrected chi connectivity index (χ1v) is 8.49. The Kier molecular flexibility index (Phi) is 7.35. The van der Waals surface area contributed by atoms with Crippen LogP contribution in [-0.2, 0) is 6.54 Å². The van der Waals surface area contributed by atoms with E-state index in [0.29, 0.717) is 13.1 Å². The van der Waals surface area contributed by atoms with E-state index >= 15 is 0 Å². The van der Waals surface area contributed by atoms with Crippen LogP contribution in [0.15, 0.2) is 52.1 Å². The van der Waals surface area contributed by atoms with E-state index in [0.717, 1.165) is 29.6 Å². The van der Waals surface area contributed by atoms with Crippen LogP contribution in [0, 0.1) is 0 Å². The number of hydrogen-bond donors (Lipinski definition) is 2. The summed E-state index contributed by atoms with van der Waals surface area (Å²) in [4.78, 5) is 6.74. The standard InChI is InChI=1S/C19H28N4O2/c1-5-20-19(21-13-15-9-8-12-25-15)22-14-17(23(2)3)16-10-6-7-11-18(16)24-4/h6-12,17H,5,13-14H2,1-4H3,(H2,20,21,22). The molecule has 1 aromatic carbocycles. The van der Waals surface area contributed by atoms with Crippen LogP contribution in [0.2, 0.25) is 0 Å². The average molecular weight is 344 g/mol. The molecule has 0 aliphatic rings. The number of rotatable bonds is 8. The fourth-order valence-electron chi connectivity index (χ4n) is 2.61. The van der Waals surface area contributed by atoms with Crippen LogP contribution in [0.3, 0.4) is 0 Å². The number of nitrogens with one attached hydrogen (secondary N) is 2. The maximum Gasteiger partial charge on any atom is 0.191 e. The molecular weight excluding hydrogens is 316 g/mol. The van der Waals surface area contributed by atoms with Gasteiger partial charge in [0.15, 0.2) is 5.96 Å². The highest BCUT2D eigenvalue weighted by Gasteiger charge is 2.18. The Balaban J connectivity index is 2.08. The average Bonchev–Trinajstić information content (AvgIpc) is 3.13. The van der Waals surface area contributed by atoms with Gasteiger partial charge in [0, 0.05) is 18.7 Å². The molecule has 2 aromatic rings. The molecule has 0 saturated heterocycles. The lowest BCUT2D eigenvalue weighted by molar-refractivity contribution is 0.287. The Morgan fingerprint density at radius 3 is 2.64 bits per heavy atom. The number of methoxy groups -OCH3 is 1. The van der Waals surface area contributed by atoms with Gasteiger partial charge in [0.2, 0.25) is 0 Å². The first-order chi connectivity index (χ1) is 12.2. The summed E-state index contributed by atoms with van der Waals surface area (Å²) in [6, 6.07) is 12.0. The van der Waals surface area contributed by atoms with Crippen LogP contribution < -0.4 is 15.4 Å². The molecule has 1 heterocycles. The minimum atomic E-state index is 0.156. The lowest BCUT2D eigenvalue weighted by Crippen LogP contribution is -2.41. The summed E-state index contributed by atoms with van der Waals surface area (Å²) in [6.45, 7) is 4.06. The van der Waals surface area contributed by atoms with Crippen molar-refractivity contribution in [3.63, 3.8) is 0 Å².